The molecule has 0 amide bonds. The molecule has 5 aromatic carbocycles. The summed E-state index contributed by atoms with van der Waals surface area (Å²) in [6.45, 7) is 0. The Labute approximate surface area is 288 Å². The second-order valence-electron chi connectivity index (χ2n) is 11.1. The Balaban J connectivity index is 0.994. The molecule has 0 spiro atoms. The highest BCUT2D eigenvalue weighted by atomic mass is 32.1. The van der Waals surface area contributed by atoms with E-state index >= 15 is 0 Å². The number of para-hydroxylation sites is 3. The van der Waals surface area contributed by atoms with Crippen molar-refractivity contribution in [3.05, 3.63) is 152 Å². The summed E-state index contributed by atoms with van der Waals surface area (Å²) in [5.74, 6) is 0. The van der Waals surface area contributed by atoms with Crippen molar-refractivity contribution in [1.29, 1.82) is 0 Å². The van der Waals surface area contributed by atoms with E-state index in [0.717, 1.165) is 38.1 Å². The third-order valence-corrected chi connectivity index (χ3v) is 12.7. The van der Waals surface area contributed by atoms with E-state index in [1.165, 1.54) is 40.0 Å². The monoisotopic (exact) mass is 675 g/mol. The van der Waals surface area contributed by atoms with E-state index in [0.29, 0.717) is 0 Å². The van der Waals surface area contributed by atoms with Gasteiger partial charge in [0.15, 0.2) is 0 Å². The molecule has 0 fully saturated rings. The largest absolute Gasteiger partial charge is 0.311 e. The molecule has 3 nitrogen and oxygen atoms in total. The third kappa shape index (κ3) is 5.47. The summed E-state index contributed by atoms with van der Waals surface area (Å²) >= 11 is 7.09. The van der Waals surface area contributed by atoms with Crippen LogP contribution in [0.25, 0.3) is 61.1 Å². The van der Waals surface area contributed by atoms with Crippen LogP contribution in [0, 0.1) is 0 Å². The summed E-state index contributed by atoms with van der Waals surface area (Å²) in [7, 11) is 0. The number of benzene rings is 5. The van der Waals surface area contributed by atoms with Crippen LogP contribution >= 0.6 is 45.3 Å². The topological polar surface area (TPSA) is 29.0 Å². The lowest BCUT2D eigenvalue weighted by Crippen LogP contribution is -2.09. The number of hydrogen-bond acceptors (Lipinski definition) is 7. The Kier molecular flexibility index (Phi) is 7.24. The van der Waals surface area contributed by atoms with Gasteiger partial charge in [0.25, 0.3) is 0 Å². The molecule has 0 aliphatic carbocycles. The van der Waals surface area contributed by atoms with Gasteiger partial charge in [0.05, 0.1) is 30.2 Å². The van der Waals surface area contributed by atoms with E-state index in [1.807, 2.05) is 12.1 Å². The molecule has 47 heavy (non-hydrogen) atoms. The third-order valence-electron chi connectivity index (χ3n) is 8.06. The standard InChI is InChI=1S/C40H25N3S4/c1-2-8-28(9-3-1)43(29-18-14-26(15-19-29)33-22-24-37(44-33)39-41-31-10-4-6-12-35(31)46-39)30-20-16-27(17-21-30)34-23-25-38(45-34)40-42-32-11-5-7-13-36(32)47-40/h1-25H. The van der Waals surface area contributed by atoms with Crippen LogP contribution in [0.5, 0.6) is 0 Å². The summed E-state index contributed by atoms with van der Waals surface area (Å²) in [6.07, 6.45) is 0. The van der Waals surface area contributed by atoms with E-state index in [4.69, 9.17) is 9.97 Å². The van der Waals surface area contributed by atoms with Crippen LogP contribution in [0.15, 0.2) is 152 Å². The lowest BCUT2D eigenvalue weighted by molar-refractivity contribution is 1.28. The molecule has 9 rings (SSSR count). The van der Waals surface area contributed by atoms with Crippen molar-refractivity contribution in [3.8, 4) is 40.7 Å². The van der Waals surface area contributed by atoms with E-state index in [1.54, 1.807) is 45.3 Å². The Morgan fingerprint density at radius 1 is 0.340 bits per heavy atom. The zero-order valence-electron chi connectivity index (χ0n) is 24.9. The molecular weight excluding hydrogens is 651 g/mol. The lowest BCUT2D eigenvalue weighted by Gasteiger charge is -2.25. The van der Waals surface area contributed by atoms with Crippen molar-refractivity contribution in [2.24, 2.45) is 0 Å². The van der Waals surface area contributed by atoms with Gasteiger partial charge in [-0.25, -0.2) is 9.97 Å². The van der Waals surface area contributed by atoms with Gasteiger partial charge in [-0.15, -0.1) is 45.3 Å². The summed E-state index contributed by atoms with van der Waals surface area (Å²) in [4.78, 5) is 16.9. The molecule has 4 aromatic heterocycles. The fourth-order valence-electron chi connectivity index (χ4n) is 5.74. The molecule has 0 radical (unpaired) electrons. The lowest BCUT2D eigenvalue weighted by atomic mass is 10.1. The van der Waals surface area contributed by atoms with Gasteiger partial charge >= 0.3 is 0 Å². The molecule has 0 saturated carbocycles. The van der Waals surface area contributed by atoms with Crippen LogP contribution in [0.1, 0.15) is 0 Å². The van der Waals surface area contributed by atoms with Gasteiger partial charge in [0, 0.05) is 26.8 Å². The summed E-state index contributed by atoms with van der Waals surface area (Å²) in [6, 6.07) is 53.8. The minimum atomic E-state index is 1.06. The van der Waals surface area contributed by atoms with Gasteiger partial charge in [-0.05, 0) is 96.1 Å². The molecule has 0 aliphatic rings. The van der Waals surface area contributed by atoms with E-state index < -0.39 is 0 Å². The normalized spacial score (nSPS) is 11.4. The first-order valence-corrected chi connectivity index (χ1v) is 18.5. The molecular formula is C40H25N3S4. The SMILES string of the molecule is c1ccc(N(c2ccc(-c3ccc(-c4nc5ccccc5s4)s3)cc2)c2ccc(-c3ccc(-c4nc5ccccc5s4)s3)cc2)cc1. The van der Waals surface area contributed by atoms with Crippen LogP contribution in [0.4, 0.5) is 17.1 Å². The molecule has 0 saturated heterocycles. The summed E-state index contributed by atoms with van der Waals surface area (Å²) < 4.78 is 2.45. The Hall–Kier alpha value is -4.92. The summed E-state index contributed by atoms with van der Waals surface area (Å²) in [5, 5.41) is 2.15. The average molecular weight is 676 g/mol. The van der Waals surface area contributed by atoms with Crippen molar-refractivity contribution in [3.63, 3.8) is 0 Å². The number of thiazole rings is 2. The molecule has 0 aliphatic heterocycles. The Bertz CT molecular complexity index is 2250. The van der Waals surface area contributed by atoms with Crippen molar-refractivity contribution in [2.45, 2.75) is 0 Å². The second-order valence-corrected chi connectivity index (χ2v) is 15.3. The number of hydrogen-bond donors (Lipinski definition) is 0. The van der Waals surface area contributed by atoms with Gasteiger partial charge < -0.3 is 4.90 Å². The van der Waals surface area contributed by atoms with Crippen LogP contribution in [0.3, 0.4) is 0 Å². The minimum absolute atomic E-state index is 1.06. The van der Waals surface area contributed by atoms with E-state index in [9.17, 15) is 0 Å². The second kappa shape index (κ2) is 12.0. The zero-order valence-corrected chi connectivity index (χ0v) is 28.2. The van der Waals surface area contributed by atoms with Crippen LogP contribution in [-0.2, 0) is 0 Å². The van der Waals surface area contributed by atoms with E-state index in [-0.39, 0.29) is 0 Å². The zero-order chi connectivity index (χ0) is 31.2. The molecule has 224 valence electrons. The smallest absolute Gasteiger partial charge is 0.134 e. The number of thiophene rings is 2. The predicted molar refractivity (Wildman–Crippen MR) is 205 cm³/mol. The fourth-order valence-corrected chi connectivity index (χ4v) is 9.81. The van der Waals surface area contributed by atoms with Gasteiger partial charge in [-0.1, -0.05) is 66.7 Å². The van der Waals surface area contributed by atoms with Crippen molar-refractivity contribution >= 4 is 82.8 Å². The van der Waals surface area contributed by atoms with Crippen molar-refractivity contribution in [1.82, 2.24) is 9.97 Å². The highest BCUT2D eigenvalue weighted by molar-refractivity contribution is 7.27. The van der Waals surface area contributed by atoms with Gasteiger partial charge in [0.1, 0.15) is 10.0 Å². The first kappa shape index (κ1) is 28.3. The molecule has 0 bridgehead atoms. The number of fused-ring (bicyclic) bond motifs is 2. The number of rotatable bonds is 7. The van der Waals surface area contributed by atoms with Gasteiger partial charge in [-0.3, -0.25) is 0 Å². The van der Waals surface area contributed by atoms with Gasteiger partial charge in [0.2, 0.25) is 0 Å². The molecule has 0 atom stereocenters. The van der Waals surface area contributed by atoms with Crippen LogP contribution in [0.2, 0.25) is 0 Å². The highest BCUT2D eigenvalue weighted by Crippen LogP contribution is 2.42. The maximum Gasteiger partial charge on any atom is 0.134 e. The molecule has 7 heteroatoms. The highest BCUT2D eigenvalue weighted by Gasteiger charge is 2.15. The first-order valence-electron chi connectivity index (χ1n) is 15.2. The predicted octanol–water partition coefficient (Wildman–Crippen LogP) is 13.2. The minimum Gasteiger partial charge on any atom is -0.311 e. The maximum atomic E-state index is 4.86. The molecule has 9 aromatic rings. The number of anilines is 3. The Morgan fingerprint density at radius 2 is 0.745 bits per heavy atom. The van der Waals surface area contributed by atoms with Crippen molar-refractivity contribution < 1.29 is 0 Å². The Morgan fingerprint density at radius 3 is 1.21 bits per heavy atom. The maximum absolute atomic E-state index is 4.86. The summed E-state index contributed by atoms with van der Waals surface area (Å²) in [5.41, 5.74) is 7.88. The number of nitrogens with zero attached hydrogens (tertiary/aromatic N) is 3. The van der Waals surface area contributed by atoms with Crippen molar-refractivity contribution in [2.75, 3.05) is 4.90 Å². The van der Waals surface area contributed by atoms with Crippen LogP contribution < -0.4 is 4.90 Å². The first-order chi connectivity index (χ1) is 23.2. The van der Waals surface area contributed by atoms with Crippen LogP contribution in [-0.4, -0.2) is 9.97 Å². The number of aromatic nitrogens is 2. The molecule has 0 N–H and O–H groups in total. The molecule has 0 unspecified atom stereocenters. The average Bonchev–Trinajstić information content (AvgIpc) is 3.95. The van der Waals surface area contributed by atoms with Gasteiger partial charge in [-0.2, -0.15) is 0 Å². The molecule has 4 heterocycles. The quantitative estimate of drug-likeness (QED) is 0.168. The fraction of sp³-hybridized carbons (Fsp3) is 0. The van der Waals surface area contributed by atoms with E-state index in [2.05, 4.69) is 144 Å².